The molecule has 0 aromatic heterocycles. The average Bonchev–Trinajstić information content (AvgIpc) is 3.02. The topological polar surface area (TPSA) is 84.9 Å². The normalized spacial score (nSPS) is 35.4. The second-order valence-electron chi connectivity index (χ2n) is 8.94. The van der Waals surface area contributed by atoms with E-state index in [1.807, 2.05) is 0 Å². The molecule has 3 unspecified atom stereocenters. The Balaban J connectivity index is 1.74. The van der Waals surface area contributed by atoms with E-state index in [4.69, 9.17) is 9.47 Å². The van der Waals surface area contributed by atoms with Gasteiger partial charge in [0.1, 0.15) is 11.9 Å². The summed E-state index contributed by atoms with van der Waals surface area (Å²) < 4.78 is 38.3. The number of hydrogen-bond donors (Lipinski definition) is 2. The molecule has 160 valence electrons. The summed E-state index contributed by atoms with van der Waals surface area (Å²) in [6, 6.07) is -0.588. The first-order valence-corrected chi connectivity index (χ1v) is 10.3. The molecule has 3 aliphatic carbocycles. The van der Waals surface area contributed by atoms with E-state index in [0.717, 1.165) is 19.3 Å². The molecule has 0 bridgehead atoms. The first-order chi connectivity index (χ1) is 13.6. The molecule has 2 N–H and O–H groups in total. The van der Waals surface area contributed by atoms with Crippen molar-refractivity contribution in [1.82, 2.24) is 5.32 Å². The SMILES string of the molecule is CC1OC2=CC=C(C(=O)O)C(C)(C3(C(=O)NC4CC(F)(F)C4)CCCCC3)C2O1. The highest BCUT2D eigenvalue weighted by atomic mass is 19.3. The van der Waals surface area contributed by atoms with Gasteiger partial charge < -0.3 is 19.9 Å². The lowest BCUT2D eigenvalue weighted by molar-refractivity contribution is -0.159. The van der Waals surface area contributed by atoms with E-state index in [9.17, 15) is 23.5 Å². The summed E-state index contributed by atoms with van der Waals surface area (Å²) in [6.07, 6.45) is 4.50. The predicted molar refractivity (Wildman–Crippen MR) is 99.0 cm³/mol. The van der Waals surface area contributed by atoms with E-state index >= 15 is 0 Å². The molecule has 3 fully saturated rings. The van der Waals surface area contributed by atoms with Crippen LogP contribution < -0.4 is 5.32 Å². The Labute approximate surface area is 168 Å². The molecule has 3 atom stereocenters. The molecular weight excluding hydrogens is 384 g/mol. The summed E-state index contributed by atoms with van der Waals surface area (Å²) in [7, 11) is 0. The fourth-order valence-electron chi connectivity index (χ4n) is 5.59. The molecule has 0 spiro atoms. The highest BCUT2D eigenvalue weighted by molar-refractivity contribution is 5.93. The lowest BCUT2D eigenvalue weighted by atomic mass is 9.51. The van der Waals surface area contributed by atoms with Gasteiger partial charge >= 0.3 is 5.97 Å². The molecule has 1 aliphatic heterocycles. The number of allylic oxidation sites excluding steroid dienone is 2. The number of rotatable bonds is 4. The van der Waals surface area contributed by atoms with E-state index < -0.39 is 41.2 Å². The van der Waals surface area contributed by atoms with Crippen molar-refractivity contribution in [1.29, 1.82) is 0 Å². The van der Waals surface area contributed by atoms with Crippen molar-refractivity contribution in [3.63, 3.8) is 0 Å². The Hall–Kier alpha value is -1.96. The minimum Gasteiger partial charge on any atom is -0.478 e. The summed E-state index contributed by atoms with van der Waals surface area (Å²) >= 11 is 0. The maximum absolute atomic E-state index is 13.6. The maximum atomic E-state index is 13.6. The molecule has 29 heavy (non-hydrogen) atoms. The van der Waals surface area contributed by atoms with Crippen molar-refractivity contribution in [3.8, 4) is 0 Å². The predicted octanol–water partition coefficient (Wildman–Crippen LogP) is 3.53. The smallest absolute Gasteiger partial charge is 0.332 e. The average molecular weight is 411 g/mol. The second-order valence-corrected chi connectivity index (χ2v) is 8.94. The van der Waals surface area contributed by atoms with Gasteiger partial charge in [-0.15, -0.1) is 0 Å². The monoisotopic (exact) mass is 411 g/mol. The van der Waals surface area contributed by atoms with Crippen LogP contribution in [0.5, 0.6) is 0 Å². The molecular formula is C21H27F2NO5. The zero-order valence-electron chi connectivity index (χ0n) is 16.7. The van der Waals surface area contributed by atoms with Crippen molar-refractivity contribution in [2.45, 2.75) is 83.2 Å². The number of carboxylic acid groups (broad SMARTS) is 1. The molecule has 4 aliphatic rings. The Bertz CT molecular complexity index is 778. The number of carbonyl (C=O) groups is 2. The number of aliphatic carboxylic acids is 1. The summed E-state index contributed by atoms with van der Waals surface area (Å²) in [6.45, 7) is 3.48. The van der Waals surface area contributed by atoms with Gasteiger partial charge in [0, 0.05) is 29.9 Å². The standard InChI is InChI=1S/C21H27F2NO5/c1-12-28-15-7-6-14(17(25)26)19(2,16(15)29-12)20(8-4-3-5-9-20)18(27)24-13-10-21(22,23)11-13/h6-7,12-13,16H,3-5,8-11H2,1-2H3,(H,24,27)(H,25,26). The van der Waals surface area contributed by atoms with Crippen LogP contribution in [-0.4, -0.2) is 41.3 Å². The van der Waals surface area contributed by atoms with Crippen LogP contribution in [0.25, 0.3) is 0 Å². The number of fused-ring (bicyclic) bond motifs is 1. The minimum absolute atomic E-state index is 0.0972. The summed E-state index contributed by atoms with van der Waals surface area (Å²) in [5.74, 6) is -3.69. The third kappa shape index (κ3) is 3.07. The lowest BCUT2D eigenvalue weighted by Crippen LogP contribution is -2.62. The van der Waals surface area contributed by atoms with Crippen LogP contribution in [0.2, 0.25) is 0 Å². The van der Waals surface area contributed by atoms with Gasteiger partial charge in [0.05, 0.1) is 5.41 Å². The number of alkyl halides is 2. The van der Waals surface area contributed by atoms with Gasteiger partial charge in [-0.1, -0.05) is 26.2 Å². The van der Waals surface area contributed by atoms with Crippen molar-refractivity contribution in [3.05, 3.63) is 23.5 Å². The number of nitrogens with one attached hydrogen (secondary N) is 1. The Morgan fingerprint density at radius 2 is 1.83 bits per heavy atom. The molecule has 0 aromatic carbocycles. The van der Waals surface area contributed by atoms with Crippen molar-refractivity contribution in [2.24, 2.45) is 10.8 Å². The summed E-state index contributed by atoms with van der Waals surface area (Å²) in [5.41, 5.74) is -2.15. The molecule has 8 heteroatoms. The number of hydrogen-bond acceptors (Lipinski definition) is 4. The van der Waals surface area contributed by atoms with Crippen LogP contribution in [0.1, 0.15) is 58.8 Å². The van der Waals surface area contributed by atoms with Crippen molar-refractivity contribution >= 4 is 11.9 Å². The van der Waals surface area contributed by atoms with Crippen LogP contribution >= 0.6 is 0 Å². The number of amides is 1. The molecule has 2 saturated carbocycles. The number of ether oxygens (including phenoxy) is 2. The van der Waals surface area contributed by atoms with E-state index in [-0.39, 0.29) is 24.3 Å². The largest absolute Gasteiger partial charge is 0.478 e. The van der Waals surface area contributed by atoms with Crippen LogP contribution in [0.15, 0.2) is 23.5 Å². The third-order valence-electron chi connectivity index (χ3n) is 7.18. The van der Waals surface area contributed by atoms with Crippen LogP contribution in [0, 0.1) is 10.8 Å². The Morgan fingerprint density at radius 3 is 2.41 bits per heavy atom. The van der Waals surface area contributed by atoms with E-state index in [2.05, 4.69) is 5.32 Å². The van der Waals surface area contributed by atoms with Crippen molar-refractivity contribution < 1.29 is 33.0 Å². The van der Waals surface area contributed by atoms with Gasteiger partial charge in [-0.2, -0.15) is 0 Å². The fraction of sp³-hybridized carbons (Fsp3) is 0.714. The van der Waals surface area contributed by atoms with Crippen LogP contribution in [-0.2, 0) is 19.1 Å². The van der Waals surface area contributed by atoms with Crippen LogP contribution in [0.4, 0.5) is 8.78 Å². The van der Waals surface area contributed by atoms with Gasteiger partial charge in [-0.25, -0.2) is 13.6 Å². The van der Waals surface area contributed by atoms with Crippen molar-refractivity contribution in [2.75, 3.05) is 0 Å². The quantitative estimate of drug-likeness (QED) is 0.739. The first kappa shape index (κ1) is 20.3. The molecule has 6 nitrogen and oxygen atoms in total. The zero-order valence-corrected chi connectivity index (χ0v) is 16.7. The lowest BCUT2D eigenvalue weighted by Gasteiger charge is -2.53. The number of halogens is 2. The van der Waals surface area contributed by atoms with Gasteiger partial charge in [-0.05, 0) is 31.9 Å². The fourth-order valence-corrected chi connectivity index (χ4v) is 5.59. The summed E-state index contributed by atoms with van der Waals surface area (Å²) in [4.78, 5) is 25.8. The maximum Gasteiger partial charge on any atom is 0.332 e. The number of carboxylic acids is 1. The zero-order chi connectivity index (χ0) is 21.0. The highest BCUT2D eigenvalue weighted by Gasteiger charge is 2.64. The van der Waals surface area contributed by atoms with E-state index in [1.54, 1.807) is 19.9 Å². The number of carbonyl (C=O) groups excluding carboxylic acids is 1. The first-order valence-electron chi connectivity index (χ1n) is 10.3. The van der Waals surface area contributed by atoms with Crippen LogP contribution in [0.3, 0.4) is 0 Å². The molecule has 1 amide bonds. The van der Waals surface area contributed by atoms with Gasteiger partial charge in [0.2, 0.25) is 5.91 Å². The van der Waals surface area contributed by atoms with Gasteiger partial charge in [-0.3, -0.25) is 4.79 Å². The third-order valence-corrected chi connectivity index (χ3v) is 7.18. The van der Waals surface area contributed by atoms with Gasteiger partial charge in [0.15, 0.2) is 6.29 Å². The Morgan fingerprint density at radius 1 is 1.17 bits per heavy atom. The molecule has 1 heterocycles. The second kappa shape index (κ2) is 6.79. The summed E-state index contributed by atoms with van der Waals surface area (Å²) in [5, 5.41) is 12.8. The Kier molecular flexibility index (Phi) is 4.76. The van der Waals surface area contributed by atoms with E-state index in [0.29, 0.717) is 18.6 Å². The van der Waals surface area contributed by atoms with Gasteiger partial charge in [0.25, 0.3) is 5.92 Å². The van der Waals surface area contributed by atoms with E-state index in [1.165, 1.54) is 6.08 Å². The molecule has 0 radical (unpaired) electrons. The molecule has 1 saturated heterocycles. The highest BCUT2D eigenvalue weighted by Crippen LogP contribution is 2.60. The minimum atomic E-state index is -2.74. The molecule has 4 rings (SSSR count). The molecule has 0 aromatic rings.